The first-order valence-electron chi connectivity index (χ1n) is 9.28. The number of alkyl halides is 3. The predicted molar refractivity (Wildman–Crippen MR) is 107 cm³/mol. The first kappa shape index (κ1) is 20.6. The lowest BCUT2D eigenvalue weighted by Crippen LogP contribution is -2.08. The van der Waals surface area contributed by atoms with Gasteiger partial charge in [0.2, 0.25) is 0 Å². The molecule has 0 saturated heterocycles. The lowest BCUT2D eigenvalue weighted by Gasteiger charge is -2.06. The molecular weight excluding hydrogens is 379 g/mol. The SMILES string of the molecule is Cc1ccc(C)c(-c2nn(-c3ccccc3)cc2/C=N/OCCCC(F)(F)F)c1. The lowest BCUT2D eigenvalue weighted by atomic mass is 10.0. The number of rotatable bonds is 7. The Kier molecular flexibility index (Phi) is 6.36. The monoisotopic (exact) mass is 401 g/mol. The minimum absolute atomic E-state index is 0.0956. The summed E-state index contributed by atoms with van der Waals surface area (Å²) in [5, 5.41) is 8.58. The van der Waals surface area contributed by atoms with E-state index < -0.39 is 12.6 Å². The van der Waals surface area contributed by atoms with Gasteiger partial charge >= 0.3 is 6.18 Å². The number of para-hydroxylation sites is 1. The van der Waals surface area contributed by atoms with Crippen LogP contribution in [0.25, 0.3) is 16.9 Å². The van der Waals surface area contributed by atoms with Gasteiger partial charge in [-0.05, 0) is 44.0 Å². The molecule has 0 bridgehead atoms. The summed E-state index contributed by atoms with van der Waals surface area (Å²) in [4.78, 5) is 5.03. The Morgan fingerprint density at radius 2 is 1.86 bits per heavy atom. The van der Waals surface area contributed by atoms with Crippen molar-refractivity contribution in [2.24, 2.45) is 5.16 Å². The lowest BCUT2D eigenvalue weighted by molar-refractivity contribution is -0.137. The number of hydrogen-bond acceptors (Lipinski definition) is 3. The van der Waals surface area contributed by atoms with Crippen molar-refractivity contribution in [3.05, 3.63) is 71.4 Å². The quantitative estimate of drug-likeness (QED) is 0.283. The van der Waals surface area contributed by atoms with E-state index in [9.17, 15) is 13.2 Å². The average Bonchev–Trinajstić information content (AvgIpc) is 3.10. The summed E-state index contributed by atoms with van der Waals surface area (Å²) in [6.45, 7) is 3.92. The van der Waals surface area contributed by atoms with E-state index in [4.69, 9.17) is 9.94 Å². The number of aryl methyl sites for hydroxylation is 2. The zero-order valence-corrected chi connectivity index (χ0v) is 16.3. The third kappa shape index (κ3) is 5.70. The molecule has 0 atom stereocenters. The van der Waals surface area contributed by atoms with Gasteiger partial charge in [0.25, 0.3) is 0 Å². The highest BCUT2D eigenvalue weighted by Gasteiger charge is 2.26. The van der Waals surface area contributed by atoms with E-state index in [1.165, 1.54) is 6.21 Å². The molecule has 0 aliphatic carbocycles. The van der Waals surface area contributed by atoms with E-state index >= 15 is 0 Å². The third-order valence-corrected chi connectivity index (χ3v) is 4.37. The fourth-order valence-corrected chi connectivity index (χ4v) is 2.88. The summed E-state index contributed by atoms with van der Waals surface area (Å²) in [6.07, 6.45) is -1.87. The molecule has 29 heavy (non-hydrogen) atoms. The highest BCUT2D eigenvalue weighted by Crippen LogP contribution is 2.27. The number of aromatic nitrogens is 2. The summed E-state index contributed by atoms with van der Waals surface area (Å²) >= 11 is 0. The van der Waals surface area contributed by atoms with Gasteiger partial charge in [0, 0.05) is 23.7 Å². The van der Waals surface area contributed by atoms with Crippen molar-refractivity contribution in [1.82, 2.24) is 9.78 Å². The van der Waals surface area contributed by atoms with E-state index in [1.54, 1.807) is 4.68 Å². The second-order valence-electron chi connectivity index (χ2n) is 6.82. The summed E-state index contributed by atoms with van der Waals surface area (Å²) in [6, 6.07) is 15.8. The third-order valence-electron chi connectivity index (χ3n) is 4.37. The van der Waals surface area contributed by atoms with Gasteiger partial charge in [-0.15, -0.1) is 0 Å². The normalized spacial score (nSPS) is 11.9. The summed E-state index contributed by atoms with van der Waals surface area (Å²) < 4.78 is 38.4. The number of halogens is 3. The first-order valence-corrected chi connectivity index (χ1v) is 9.28. The van der Waals surface area contributed by atoms with Gasteiger partial charge in [0.1, 0.15) is 12.3 Å². The molecule has 7 heteroatoms. The molecule has 0 N–H and O–H groups in total. The van der Waals surface area contributed by atoms with Crippen LogP contribution >= 0.6 is 0 Å². The highest BCUT2D eigenvalue weighted by molar-refractivity contribution is 5.89. The van der Waals surface area contributed by atoms with Gasteiger partial charge in [-0.25, -0.2) is 4.68 Å². The van der Waals surface area contributed by atoms with Crippen LogP contribution in [-0.2, 0) is 4.84 Å². The molecule has 0 aliphatic heterocycles. The predicted octanol–water partition coefficient (Wildman–Crippen LogP) is 5.85. The average molecular weight is 401 g/mol. The Bertz CT molecular complexity index is 979. The molecule has 2 aromatic carbocycles. The minimum atomic E-state index is -4.18. The Hall–Kier alpha value is -3.09. The van der Waals surface area contributed by atoms with Gasteiger partial charge in [0.15, 0.2) is 0 Å². The van der Waals surface area contributed by atoms with Crippen molar-refractivity contribution < 1.29 is 18.0 Å². The van der Waals surface area contributed by atoms with Crippen molar-refractivity contribution in [2.45, 2.75) is 32.9 Å². The van der Waals surface area contributed by atoms with Crippen molar-refractivity contribution in [3.63, 3.8) is 0 Å². The fourth-order valence-electron chi connectivity index (χ4n) is 2.88. The van der Waals surface area contributed by atoms with Crippen molar-refractivity contribution in [3.8, 4) is 16.9 Å². The van der Waals surface area contributed by atoms with Crippen molar-refractivity contribution in [2.75, 3.05) is 6.61 Å². The Morgan fingerprint density at radius 3 is 2.59 bits per heavy atom. The van der Waals surface area contributed by atoms with Crippen LogP contribution in [0.5, 0.6) is 0 Å². The van der Waals surface area contributed by atoms with Gasteiger partial charge < -0.3 is 4.84 Å². The highest BCUT2D eigenvalue weighted by atomic mass is 19.4. The summed E-state index contributed by atoms with van der Waals surface area (Å²) in [5.41, 5.74) is 5.49. The number of benzene rings is 2. The van der Waals surface area contributed by atoms with Crippen LogP contribution in [-0.4, -0.2) is 28.8 Å². The van der Waals surface area contributed by atoms with Crippen LogP contribution in [0.15, 0.2) is 59.9 Å². The second-order valence-corrected chi connectivity index (χ2v) is 6.82. The molecule has 152 valence electrons. The molecule has 0 aliphatic rings. The molecule has 3 aromatic rings. The van der Waals surface area contributed by atoms with Crippen LogP contribution in [0.4, 0.5) is 13.2 Å². The largest absolute Gasteiger partial charge is 0.396 e. The van der Waals surface area contributed by atoms with Crippen LogP contribution < -0.4 is 0 Å². The van der Waals surface area contributed by atoms with Crippen LogP contribution in [0.2, 0.25) is 0 Å². The van der Waals surface area contributed by atoms with Crippen LogP contribution in [0.3, 0.4) is 0 Å². The van der Waals surface area contributed by atoms with E-state index in [2.05, 4.69) is 11.2 Å². The van der Waals surface area contributed by atoms with Crippen molar-refractivity contribution in [1.29, 1.82) is 0 Å². The molecule has 0 amide bonds. The van der Waals surface area contributed by atoms with E-state index in [1.807, 2.05) is 62.5 Å². The van der Waals surface area contributed by atoms with Crippen molar-refractivity contribution >= 4 is 6.21 Å². The molecule has 3 rings (SSSR count). The molecule has 0 spiro atoms. The fraction of sp³-hybridized carbons (Fsp3) is 0.273. The molecule has 0 unspecified atom stereocenters. The number of nitrogens with zero attached hydrogens (tertiary/aromatic N) is 3. The summed E-state index contributed by atoms with van der Waals surface area (Å²) in [5.74, 6) is 0. The van der Waals surface area contributed by atoms with Gasteiger partial charge in [-0.2, -0.15) is 18.3 Å². The maximum atomic E-state index is 12.2. The Labute approximate surface area is 167 Å². The van der Waals surface area contributed by atoms with Gasteiger partial charge in [-0.1, -0.05) is 41.1 Å². The zero-order valence-electron chi connectivity index (χ0n) is 16.3. The first-order chi connectivity index (χ1) is 13.8. The molecular formula is C22H22F3N3O. The van der Waals surface area contributed by atoms with Gasteiger partial charge in [-0.3, -0.25) is 0 Å². The maximum Gasteiger partial charge on any atom is 0.389 e. The topological polar surface area (TPSA) is 39.4 Å². The maximum absolute atomic E-state index is 12.2. The summed E-state index contributed by atoms with van der Waals surface area (Å²) in [7, 11) is 0. The van der Waals surface area contributed by atoms with Gasteiger partial charge in [0.05, 0.1) is 11.9 Å². The minimum Gasteiger partial charge on any atom is -0.396 e. The smallest absolute Gasteiger partial charge is 0.389 e. The molecule has 0 fully saturated rings. The van der Waals surface area contributed by atoms with E-state index in [-0.39, 0.29) is 13.0 Å². The molecule has 1 aromatic heterocycles. The zero-order chi connectivity index (χ0) is 20.9. The Balaban J connectivity index is 1.85. The van der Waals surface area contributed by atoms with Crippen LogP contribution in [0.1, 0.15) is 29.5 Å². The molecule has 0 saturated carbocycles. The molecule has 1 heterocycles. The molecule has 4 nitrogen and oxygen atoms in total. The number of hydrogen-bond donors (Lipinski definition) is 0. The number of oxime groups is 1. The van der Waals surface area contributed by atoms with E-state index in [0.717, 1.165) is 33.6 Å². The second kappa shape index (κ2) is 8.94. The Morgan fingerprint density at radius 1 is 1.10 bits per heavy atom. The van der Waals surface area contributed by atoms with E-state index in [0.29, 0.717) is 0 Å². The standard InChI is InChI=1S/C22H22F3N3O/c1-16-9-10-17(2)20(13-16)21-18(14-26-29-12-6-11-22(23,24)25)15-28(27-21)19-7-4-3-5-8-19/h3-5,7-10,13-15H,6,11-12H2,1-2H3/b26-14+. The van der Waals surface area contributed by atoms with Crippen LogP contribution in [0, 0.1) is 13.8 Å². The molecule has 0 radical (unpaired) electrons.